The topological polar surface area (TPSA) is 70.0 Å². The van der Waals surface area contributed by atoms with Crippen molar-refractivity contribution >= 4 is 55.8 Å². The number of benzene rings is 4. The Kier molecular flexibility index (Phi) is 8.82. The first kappa shape index (κ1) is 28.9. The van der Waals surface area contributed by atoms with E-state index in [2.05, 4.69) is 0 Å². The van der Waals surface area contributed by atoms with Crippen LogP contribution in [0.3, 0.4) is 0 Å². The normalized spacial score (nSPS) is 14.7. The van der Waals surface area contributed by atoms with Crippen molar-refractivity contribution in [2.45, 2.75) is 31.7 Å². The summed E-state index contributed by atoms with van der Waals surface area (Å²) in [7, 11) is -4.04. The highest BCUT2D eigenvalue weighted by Gasteiger charge is 2.29. The van der Waals surface area contributed by atoms with Gasteiger partial charge < -0.3 is 0 Å². The third-order valence-electron chi connectivity index (χ3n) is 6.83. The third-order valence-corrected chi connectivity index (χ3v) is 9.92. The predicted octanol–water partition coefficient (Wildman–Crippen LogP) is 7.62. The smallest absolute Gasteiger partial charge is 0.264 e. The van der Waals surface area contributed by atoms with Crippen LogP contribution < -0.4 is 4.31 Å². The number of carbonyl (C=O) groups is 1. The van der Waals surface area contributed by atoms with E-state index in [4.69, 9.17) is 16.6 Å². The van der Waals surface area contributed by atoms with Crippen LogP contribution in [-0.2, 0) is 16.6 Å². The monoisotopic (exact) mass is 603 g/mol. The molecule has 9 heteroatoms. The van der Waals surface area contributed by atoms with E-state index in [0.29, 0.717) is 28.0 Å². The van der Waals surface area contributed by atoms with Crippen LogP contribution in [0.4, 0.5) is 11.4 Å². The van der Waals surface area contributed by atoms with Crippen LogP contribution in [0, 0.1) is 13.8 Å². The molecule has 1 heterocycles. The van der Waals surface area contributed by atoms with Gasteiger partial charge in [-0.2, -0.15) is 0 Å². The van der Waals surface area contributed by atoms with E-state index < -0.39 is 10.0 Å². The number of thioether (sulfide) groups is 1. The van der Waals surface area contributed by atoms with Gasteiger partial charge >= 0.3 is 0 Å². The van der Waals surface area contributed by atoms with Crippen molar-refractivity contribution in [2.24, 2.45) is 4.99 Å². The van der Waals surface area contributed by atoms with Gasteiger partial charge in [-0.1, -0.05) is 78.0 Å². The van der Waals surface area contributed by atoms with E-state index in [9.17, 15) is 13.2 Å². The minimum Gasteiger partial charge on any atom is -0.287 e. The van der Waals surface area contributed by atoms with Crippen LogP contribution in [0.15, 0.2) is 107 Å². The number of hydrogen-bond donors (Lipinski definition) is 0. The Bertz CT molecular complexity index is 1670. The third kappa shape index (κ3) is 6.50. The van der Waals surface area contributed by atoms with Crippen LogP contribution in [0.2, 0.25) is 5.02 Å². The summed E-state index contributed by atoms with van der Waals surface area (Å²) in [6, 6.07) is 28.3. The summed E-state index contributed by atoms with van der Waals surface area (Å²) in [6.07, 6.45) is 0.821. The molecule has 210 valence electrons. The Hall–Kier alpha value is -3.59. The molecule has 4 aromatic rings. The van der Waals surface area contributed by atoms with Gasteiger partial charge in [0.05, 0.1) is 22.8 Å². The number of sulfonamides is 1. The molecule has 0 unspecified atom stereocenters. The summed E-state index contributed by atoms with van der Waals surface area (Å²) in [5.41, 5.74) is 4.51. The number of carbonyl (C=O) groups excluding carboxylic acids is 1. The molecule has 4 aromatic carbocycles. The lowest BCUT2D eigenvalue weighted by Crippen LogP contribution is -2.39. The first-order valence-electron chi connectivity index (χ1n) is 13.3. The summed E-state index contributed by atoms with van der Waals surface area (Å²) in [6.45, 7) is 4.64. The number of aliphatic imine (C=N–C) groups is 1. The fourth-order valence-corrected chi connectivity index (χ4v) is 7.23. The molecule has 0 radical (unpaired) electrons. The Labute approximate surface area is 250 Å². The molecule has 1 fully saturated rings. The van der Waals surface area contributed by atoms with E-state index in [1.54, 1.807) is 41.3 Å². The second kappa shape index (κ2) is 12.5. The highest BCUT2D eigenvalue weighted by molar-refractivity contribution is 8.13. The van der Waals surface area contributed by atoms with Gasteiger partial charge in [-0.3, -0.25) is 14.0 Å². The highest BCUT2D eigenvalue weighted by Crippen LogP contribution is 2.30. The SMILES string of the molecule is Cc1cccc(C)c1N=C1SCCCN1C(=O)c1cccc(S(=O)(=O)N(Cc2ccccc2)c2ccc(Cl)cc2)c1. The minimum atomic E-state index is -4.04. The van der Waals surface area contributed by atoms with Gasteiger partial charge in [0.25, 0.3) is 15.9 Å². The fourth-order valence-electron chi connectivity index (χ4n) is 4.66. The molecule has 1 amide bonds. The van der Waals surface area contributed by atoms with Crippen LogP contribution in [0.25, 0.3) is 0 Å². The van der Waals surface area contributed by atoms with Crippen molar-refractivity contribution in [1.82, 2.24) is 4.90 Å². The molecule has 0 N–H and O–H groups in total. The molecule has 1 aliphatic rings. The van der Waals surface area contributed by atoms with E-state index in [1.165, 1.54) is 28.2 Å². The maximum atomic E-state index is 14.1. The quantitative estimate of drug-likeness (QED) is 0.218. The van der Waals surface area contributed by atoms with Crippen LogP contribution in [0.1, 0.15) is 33.5 Å². The second-order valence-corrected chi connectivity index (χ2v) is 13.2. The molecule has 1 aliphatic heterocycles. The molecular weight excluding hydrogens is 574 g/mol. The van der Waals surface area contributed by atoms with Gasteiger partial charge in [-0.05, 0) is 79.4 Å². The Morgan fingerprint density at radius 3 is 2.32 bits per heavy atom. The molecule has 0 saturated carbocycles. The van der Waals surface area contributed by atoms with Crippen LogP contribution in [0.5, 0.6) is 0 Å². The number of halogens is 1. The summed E-state index contributed by atoms with van der Waals surface area (Å²) in [4.78, 5) is 20.4. The number of para-hydroxylation sites is 1. The lowest BCUT2D eigenvalue weighted by molar-refractivity contribution is 0.0849. The standard InChI is InChI=1S/C32H30ClN3O3S2/c1-23-9-6-10-24(2)30(23)34-32-35(19-8-20-40-32)31(37)26-13-7-14-29(21-26)41(38,39)36(22-25-11-4-3-5-12-25)28-17-15-27(33)16-18-28/h3-7,9-18,21H,8,19-20,22H2,1-2H3. The van der Waals surface area contributed by atoms with Gasteiger partial charge in [0, 0.05) is 22.9 Å². The number of amidine groups is 1. The Balaban J connectivity index is 1.50. The summed E-state index contributed by atoms with van der Waals surface area (Å²) >= 11 is 7.63. The molecule has 0 atom stereocenters. The van der Waals surface area contributed by atoms with Crippen LogP contribution in [-0.4, -0.2) is 36.7 Å². The zero-order chi connectivity index (χ0) is 29.0. The maximum absolute atomic E-state index is 14.1. The number of anilines is 1. The van der Waals surface area contributed by atoms with Gasteiger partial charge in [-0.15, -0.1) is 0 Å². The largest absolute Gasteiger partial charge is 0.287 e. The Morgan fingerprint density at radius 2 is 1.61 bits per heavy atom. The second-order valence-electron chi connectivity index (χ2n) is 9.80. The molecule has 0 spiro atoms. The molecule has 0 bridgehead atoms. The molecule has 41 heavy (non-hydrogen) atoms. The van der Waals surface area contributed by atoms with Gasteiger partial charge in [0.15, 0.2) is 5.17 Å². The minimum absolute atomic E-state index is 0.0344. The molecular formula is C32H30ClN3O3S2. The predicted molar refractivity (Wildman–Crippen MR) is 169 cm³/mol. The summed E-state index contributed by atoms with van der Waals surface area (Å²) in [5, 5.41) is 1.13. The average molecular weight is 604 g/mol. The van der Waals surface area contributed by atoms with Crippen molar-refractivity contribution in [3.63, 3.8) is 0 Å². The number of rotatable bonds is 7. The molecule has 5 rings (SSSR count). The lowest BCUT2D eigenvalue weighted by Gasteiger charge is -2.28. The van der Waals surface area contributed by atoms with Crippen LogP contribution >= 0.6 is 23.4 Å². The number of aryl methyl sites for hydroxylation is 2. The van der Waals surface area contributed by atoms with Crippen molar-refractivity contribution in [1.29, 1.82) is 0 Å². The van der Waals surface area contributed by atoms with E-state index in [0.717, 1.165) is 34.6 Å². The van der Waals surface area contributed by atoms with E-state index >= 15 is 0 Å². The number of amides is 1. The lowest BCUT2D eigenvalue weighted by atomic mass is 10.1. The van der Waals surface area contributed by atoms with Crippen molar-refractivity contribution in [2.75, 3.05) is 16.6 Å². The Morgan fingerprint density at radius 1 is 0.927 bits per heavy atom. The van der Waals surface area contributed by atoms with E-state index in [-0.39, 0.29) is 17.3 Å². The highest BCUT2D eigenvalue weighted by atomic mass is 35.5. The first-order chi connectivity index (χ1) is 19.7. The molecule has 0 aliphatic carbocycles. The zero-order valence-corrected chi connectivity index (χ0v) is 25.2. The zero-order valence-electron chi connectivity index (χ0n) is 22.8. The van der Waals surface area contributed by atoms with E-state index in [1.807, 2.05) is 62.4 Å². The number of nitrogens with zero attached hydrogens (tertiary/aromatic N) is 3. The number of hydrogen-bond acceptors (Lipinski definition) is 5. The van der Waals surface area contributed by atoms with Crippen molar-refractivity contribution in [3.8, 4) is 0 Å². The first-order valence-corrected chi connectivity index (χ1v) is 16.1. The molecule has 1 saturated heterocycles. The van der Waals surface area contributed by atoms with Gasteiger partial charge in [0.1, 0.15) is 0 Å². The van der Waals surface area contributed by atoms with Crippen molar-refractivity contribution < 1.29 is 13.2 Å². The molecule has 6 nitrogen and oxygen atoms in total. The van der Waals surface area contributed by atoms with Crippen molar-refractivity contribution in [3.05, 3.63) is 124 Å². The van der Waals surface area contributed by atoms with Gasteiger partial charge in [0.2, 0.25) is 0 Å². The van der Waals surface area contributed by atoms with Gasteiger partial charge in [-0.25, -0.2) is 13.4 Å². The maximum Gasteiger partial charge on any atom is 0.264 e. The molecule has 0 aromatic heterocycles. The average Bonchev–Trinajstić information content (AvgIpc) is 2.99. The fraction of sp³-hybridized carbons (Fsp3) is 0.188. The summed E-state index contributed by atoms with van der Waals surface area (Å²) in [5.74, 6) is 0.581. The summed E-state index contributed by atoms with van der Waals surface area (Å²) < 4.78 is 29.5.